The van der Waals surface area contributed by atoms with Crippen LogP contribution in [0.4, 0.5) is 17.1 Å². The van der Waals surface area contributed by atoms with Crippen LogP contribution in [0.15, 0.2) is 243 Å². The van der Waals surface area contributed by atoms with E-state index in [0.717, 1.165) is 22.7 Å². The van der Waals surface area contributed by atoms with Gasteiger partial charge in [-0.15, -0.1) is 0 Å². The van der Waals surface area contributed by atoms with E-state index in [2.05, 4.69) is 252 Å². The molecule has 0 spiro atoms. The Balaban J connectivity index is 0.964. The molecule has 0 amide bonds. The van der Waals surface area contributed by atoms with Gasteiger partial charge in [-0.25, -0.2) is 0 Å². The van der Waals surface area contributed by atoms with E-state index in [-0.39, 0.29) is 0 Å². The maximum Gasteiger partial charge on any atom is 0.0541 e. The molecule has 1 aromatic heterocycles. The highest BCUT2D eigenvalue weighted by Gasteiger charge is 2.20. The molecule has 1 heterocycles. The number of para-hydroxylation sites is 4. The van der Waals surface area contributed by atoms with Crippen molar-refractivity contribution in [2.75, 3.05) is 4.90 Å². The first kappa shape index (κ1) is 35.2. The SMILES string of the molecule is c1ccc(-c2ccc(-c3ccc(-c4ccc(N(c5ccccc5)c5ccc(-c6ccccc6-n6c7ccccc7c7ccccc76)c6ccccc56)cc4)cc3)cc2)cc1. The normalized spacial score (nSPS) is 11.3. The molecule has 2 heteroatoms. The van der Waals surface area contributed by atoms with Gasteiger partial charge >= 0.3 is 0 Å². The van der Waals surface area contributed by atoms with Crippen LogP contribution in [-0.4, -0.2) is 4.57 Å². The molecule has 60 heavy (non-hydrogen) atoms. The topological polar surface area (TPSA) is 8.17 Å². The summed E-state index contributed by atoms with van der Waals surface area (Å²) in [5.41, 5.74) is 16.6. The molecule has 282 valence electrons. The van der Waals surface area contributed by atoms with Gasteiger partial charge in [0.1, 0.15) is 0 Å². The minimum absolute atomic E-state index is 1.10. The Labute approximate surface area is 350 Å². The number of anilines is 3. The summed E-state index contributed by atoms with van der Waals surface area (Å²) >= 11 is 0. The van der Waals surface area contributed by atoms with Gasteiger partial charge < -0.3 is 9.47 Å². The Morgan fingerprint density at radius 1 is 0.250 bits per heavy atom. The minimum Gasteiger partial charge on any atom is -0.310 e. The van der Waals surface area contributed by atoms with Crippen LogP contribution in [0.3, 0.4) is 0 Å². The molecule has 11 rings (SSSR count). The summed E-state index contributed by atoms with van der Waals surface area (Å²) in [4.78, 5) is 2.39. The van der Waals surface area contributed by atoms with Crippen LogP contribution in [0.2, 0.25) is 0 Å². The summed E-state index contributed by atoms with van der Waals surface area (Å²) < 4.78 is 2.43. The number of nitrogens with zero attached hydrogens (tertiary/aromatic N) is 2. The van der Waals surface area contributed by atoms with Crippen molar-refractivity contribution in [3.8, 4) is 50.2 Å². The van der Waals surface area contributed by atoms with Gasteiger partial charge in [0.2, 0.25) is 0 Å². The fourth-order valence-electron chi connectivity index (χ4n) is 8.94. The van der Waals surface area contributed by atoms with Crippen molar-refractivity contribution in [2.24, 2.45) is 0 Å². The quantitative estimate of drug-likeness (QED) is 0.150. The zero-order valence-corrected chi connectivity index (χ0v) is 33.0. The maximum absolute atomic E-state index is 2.43. The summed E-state index contributed by atoms with van der Waals surface area (Å²) in [6.45, 7) is 0. The average Bonchev–Trinajstić information content (AvgIpc) is 3.67. The van der Waals surface area contributed by atoms with Crippen LogP contribution >= 0.6 is 0 Å². The molecule has 0 saturated carbocycles. The van der Waals surface area contributed by atoms with Gasteiger partial charge in [0, 0.05) is 33.1 Å². The van der Waals surface area contributed by atoms with E-state index < -0.39 is 0 Å². The molecule has 11 aromatic rings. The smallest absolute Gasteiger partial charge is 0.0541 e. The van der Waals surface area contributed by atoms with Crippen molar-refractivity contribution in [3.05, 3.63) is 243 Å². The van der Waals surface area contributed by atoms with E-state index >= 15 is 0 Å². The van der Waals surface area contributed by atoms with Gasteiger partial charge in [0.15, 0.2) is 0 Å². The van der Waals surface area contributed by atoms with Crippen LogP contribution in [-0.2, 0) is 0 Å². The highest BCUT2D eigenvalue weighted by atomic mass is 15.1. The van der Waals surface area contributed by atoms with Gasteiger partial charge in [-0.1, -0.05) is 194 Å². The molecule has 0 N–H and O–H groups in total. The lowest BCUT2D eigenvalue weighted by Crippen LogP contribution is -2.10. The molecule has 10 aromatic carbocycles. The second-order valence-electron chi connectivity index (χ2n) is 15.3. The van der Waals surface area contributed by atoms with Crippen LogP contribution in [0.1, 0.15) is 0 Å². The van der Waals surface area contributed by atoms with E-state index in [1.54, 1.807) is 0 Å². The third kappa shape index (κ3) is 6.23. The van der Waals surface area contributed by atoms with Crippen LogP contribution in [0, 0.1) is 0 Å². The van der Waals surface area contributed by atoms with Crippen LogP contribution in [0.5, 0.6) is 0 Å². The Hall–Kier alpha value is -7.94. The largest absolute Gasteiger partial charge is 0.310 e. The molecule has 0 bridgehead atoms. The first-order valence-electron chi connectivity index (χ1n) is 20.6. The summed E-state index contributed by atoms with van der Waals surface area (Å²) in [6.07, 6.45) is 0. The first-order valence-corrected chi connectivity index (χ1v) is 20.6. The van der Waals surface area contributed by atoms with Gasteiger partial charge in [-0.2, -0.15) is 0 Å². The fourth-order valence-corrected chi connectivity index (χ4v) is 8.94. The fraction of sp³-hybridized carbons (Fsp3) is 0. The van der Waals surface area contributed by atoms with Crippen molar-refractivity contribution < 1.29 is 0 Å². The molecular weight excluding hydrogens is 725 g/mol. The predicted octanol–water partition coefficient (Wildman–Crippen LogP) is 16.1. The highest BCUT2D eigenvalue weighted by molar-refractivity contribution is 6.11. The monoisotopic (exact) mass is 764 g/mol. The Kier molecular flexibility index (Phi) is 8.87. The molecule has 0 fully saturated rings. The molecule has 0 atom stereocenters. The third-order valence-electron chi connectivity index (χ3n) is 11.8. The van der Waals surface area contributed by atoms with E-state index in [1.807, 2.05) is 0 Å². The second kappa shape index (κ2) is 15.1. The Bertz CT molecular complexity index is 3220. The lowest BCUT2D eigenvalue weighted by molar-refractivity contribution is 1.18. The van der Waals surface area contributed by atoms with E-state index in [4.69, 9.17) is 0 Å². The number of fused-ring (bicyclic) bond motifs is 4. The van der Waals surface area contributed by atoms with Crippen molar-refractivity contribution in [3.63, 3.8) is 0 Å². The maximum atomic E-state index is 2.43. The highest BCUT2D eigenvalue weighted by Crippen LogP contribution is 2.44. The van der Waals surface area contributed by atoms with Gasteiger partial charge in [0.25, 0.3) is 0 Å². The number of hydrogen-bond donors (Lipinski definition) is 0. The summed E-state index contributed by atoms with van der Waals surface area (Å²) in [7, 11) is 0. The zero-order chi connectivity index (χ0) is 39.8. The molecular formula is C58H40N2. The number of hydrogen-bond acceptors (Lipinski definition) is 1. The Morgan fingerprint density at radius 3 is 1.22 bits per heavy atom. The van der Waals surface area contributed by atoms with Crippen LogP contribution in [0.25, 0.3) is 82.8 Å². The standard InChI is InChI=1S/C58H40N2/c1-3-15-41(16-4-1)42-27-29-43(30-28-42)44-31-33-45(34-32-44)46-35-37-48(38-36-46)59(47-17-5-2-6-18-47)58-40-39-50(49-19-7-8-20-51(49)58)52-21-9-12-24-55(52)60-56-25-13-10-22-53(56)54-23-11-14-26-57(54)60/h1-40H. The average molecular weight is 765 g/mol. The minimum atomic E-state index is 1.10. The molecule has 0 radical (unpaired) electrons. The van der Waals surface area contributed by atoms with Crippen LogP contribution < -0.4 is 4.90 Å². The van der Waals surface area contributed by atoms with Crippen molar-refractivity contribution >= 4 is 49.6 Å². The molecule has 0 aliphatic rings. The van der Waals surface area contributed by atoms with E-state index in [0.29, 0.717) is 0 Å². The third-order valence-corrected chi connectivity index (χ3v) is 11.8. The second-order valence-corrected chi connectivity index (χ2v) is 15.3. The number of rotatable bonds is 8. The summed E-state index contributed by atoms with van der Waals surface area (Å²) in [5.74, 6) is 0. The van der Waals surface area contributed by atoms with Gasteiger partial charge in [-0.3, -0.25) is 0 Å². The predicted molar refractivity (Wildman–Crippen MR) is 255 cm³/mol. The van der Waals surface area contributed by atoms with Crippen molar-refractivity contribution in [1.29, 1.82) is 0 Å². The van der Waals surface area contributed by atoms with Gasteiger partial charge in [-0.05, 0) is 92.9 Å². The summed E-state index contributed by atoms with van der Waals surface area (Å²) in [6, 6.07) is 87.7. The van der Waals surface area contributed by atoms with Crippen molar-refractivity contribution in [1.82, 2.24) is 4.57 Å². The first-order chi connectivity index (χ1) is 29.8. The zero-order valence-electron chi connectivity index (χ0n) is 33.0. The molecule has 2 nitrogen and oxygen atoms in total. The molecule has 0 unspecified atom stereocenters. The molecule has 0 aliphatic heterocycles. The summed E-state index contributed by atoms with van der Waals surface area (Å²) in [5, 5.41) is 4.91. The number of aromatic nitrogens is 1. The lowest BCUT2D eigenvalue weighted by atomic mass is 9.95. The van der Waals surface area contributed by atoms with Crippen molar-refractivity contribution in [2.45, 2.75) is 0 Å². The molecule has 0 saturated heterocycles. The van der Waals surface area contributed by atoms with E-state index in [1.165, 1.54) is 77.1 Å². The molecule has 0 aliphatic carbocycles. The van der Waals surface area contributed by atoms with E-state index in [9.17, 15) is 0 Å². The Morgan fingerprint density at radius 2 is 0.650 bits per heavy atom. The lowest BCUT2D eigenvalue weighted by Gasteiger charge is -2.28. The van der Waals surface area contributed by atoms with Gasteiger partial charge in [0.05, 0.1) is 22.4 Å². The number of benzene rings is 10.